The molecule has 0 radical (unpaired) electrons. The summed E-state index contributed by atoms with van der Waals surface area (Å²) in [7, 11) is 0. The Labute approximate surface area is 147 Å². The Balaban J connectivity index is 0.000000253. The van der Waals surface area contributed by atoms with Gasteiger partial charge in [0.2, 0.25) is 0 Å². The minimum absolute atomic E-state index is 0. The zero-order valence-electron chi connectivity index (χ0n) is 13.1. The SMILES string of the molecule is CC(=O)c1cccc(-c2ccc[cH-]2)c1.CC([O-])=C1C=CC=C1.[Fe+2]. The van der Waals surface area contributed by atoms with Gasteiger partial charge in [-0.1, -0.05) is 61.1 Å². The minimum atomic E-state index is 0. The Morgan fingerprint density at radius 1 is 1.04 bits per heavy atom. The maximum atomic E-state index is 11.2. The summed E-state index contributed by atoms with van der Waals surface area (Å²) < 4.78 is 0. The van der Waals surface area contributed by atoms with E-state index in [4.69, 9.17) is 0 Å². The number of carbonyl (C=O) groups is 1. The van der Waals surface area contributed by atoms with Gasteiger partial charge in [0.15, 0.2) is 5.78 Å². The first-order valence-corrected chi connectivity index (χ1v) is 7.13. The van der Waals surface area contributed by atoms with Crippen LogP contribution in [0.4, 0.5) is 0 Å². The molecule has 0 fully saturated rings. The first-order valence-electron chi connectivity index (χ1n) is 7.13. The number of ketones is 1. The van der Waals surface area contributed by atoms with E-state index < -0.39 is 0 Å². The summed E-state index contributed by atoms with van der Waals surface area (Å²) in [6.07, 6.45) is 7.33. The van der Waals surface area contributed by atoms with Crippen LogP contribution in [-0.4, -0.2) is 5.78 Å². The monoisotopic (exact) mass is 346 g/mol. The van der Waals surface area contributed by atoms with E-state index in [1.807, 2.05) is 72.8 Å². The first kappa shape index (κ1) is 18.8. The van der Waals surface area contributed by atoms with Crippen LogP contribution >= 0.6 is 0 Å². The fourth-order valence-corrected chi connectivity index (χ4v) is 2.09. The van der Waals surface area contributed by atoms with Crippen LogP contribution in [-0.2, 0) is 17.1 Å². The predicted octanol–water partition coefficient (Wildman–Crippen LogP) is 4.02. The molecule has 2 aromatic carbocycles. The van der Waals surface area contributed by atoms with Gasteiger partial charge in [0.05, 0.1) is 0 Å². The van der Waals surface area contributed by atoms with Crippen LogP contribution in [0.2, 0.25) is 0 Å². The molecule has 0 saturated carbocycles. The third-order valence-corrected chi connectivity index (χ3v) is 3.33. The molecule has 0 aliphatic heterocycles. The molecule has 0 atom stereocenters. The van der Waals surface area contributed by atoms with Crippen LogP contribution in [0.5, 0.6) is 0 Å². The number of benzene rings is 1. The molecule has 0 unspecified atom stereocenters. The predicted molar refractivity (Wildman–Crippen MR) is 88.5 cm³/mol. The van der Waals surface area contributed by atoms with Gasteiger partial charge in [-0.3, -0.25) is 4.79 Å². The van der Waals surface area contributed by atoms with Crippen molar-refractivity contribution in [3.8, 4) is 11.1 Å². The molecule has 0 N–H and O–H groups in total. The summed E-state index contributed by atoms with van der Waals surface area (Å²) in [4.78, 5) is 11.2. The van der Waals surface area contributed by atoms with Crippen molar-refractivity contribution in [2.24, 2.45) is 0 Å². The van der Waals surface area contributed by atoms with Gasteiger partial charge in [-0.2, -0.15) is 23.8 Å². The van der Waals surface area contributed by atoms with Crippen LogP contribution in [0, 0.1) is 0 Å². The fraction of sp³-hybridized carbons (Fsp3) is 0.100. The Morgan fingerprint density at radius 3 is 2.22 bits per heavy atom. The summed E-state index contributed by atoms with van der Waals surface area (Å²) in [6.45, 7) is 3.15. The topological polar surface area (TPSA) is 40.1 Å². The second-order valence-corrected chi connectivity index (χ2v) is 5.04. The summed E-state index contributed by atoms with van der Waals surface area (Å²) in [5.41, 5.74) is 3.82. The molecule has 0 heterocycles. The molecule has 0 bridgehead atoms. The molecule has 2 nitrogen and oxygen atoms in total. The number of hydrogen-bond donors (Lipinski definition) is 0. The van der Waals surface area contributed by atoms with E-state index in [0.717, 1.165) is 22.3 Å². The third kappa shape index (κ3) is 5.48. The van der Waals surface area contributed by atoms with E-state index in [0.29, 0.717) is 0 Å². The maximum absolute atomic E-state index is 11.2. The average Bonchev–Trinajstić information content (AvgIpc) is 3.21. The molecule has 1 aliphatic carbocycles. The quantitative estimate of drug-likeness (QED) is 0.357. The minimum Gasteiger partial charge on any atom is -0.875 e. The van der Waals surface area contributed by atoms with Crippen molar-refractivity contribution in [1.29, 1.82) is 0 Å². The average molecular weight is 346 g/mol. The van der Waals surface area contributed by atoms with Crippen molar-refractivity contribution >= 4 is 5.78 Å². The van der Waals surface area contributed by atoms with Crippen LogP contribution in [0.3, 0.4) is 0 Å². The van der Waals surface area contributed by atoms with Gasteiger partial charge < -0.3 is 5.11 Å². The van der Waals surface area contributed by atoms with E-state index in [9.17, 15) is 9.90 Å². The first-order chi connectivity index (χ1) is 10.6. The van der Waals surface area contributed by atoms with Crippen molar-refractivity contribution in [1.82, 2.24) is 0 Å². The summed E-state index contributed by atoms with van der Waals surface area (Å²) in [5.74, 6) is 0.244. The van der Waals surface area contributed by atoms with E-state index in [1.54, 1.807) is 13.8 Å². The van der Waals surface area contributed by atoms with Crippen molar-refractivity contribution < 1.29 is 27.0 Å². The zero-order chi connectivity index (χ0) is 15.9. The molecular formula is C20H18FeO2. The van der Waals surface area contributed by atoms with Gasteiger partial charge in [0.25, 0.3) is 0 Å². The van der Waals surface area contributed by atoms with Crippen molar-refractivity contribution in [3.05, 3.63) is 89.7 Å². The van der Waals surface area contributed by atoms with E-state index in [1.165, 1.54) is 0 Å². The van der Waals surface area contributed by atoms with Gasteiger partial charge in [0, 0.05) is 5.56 Å². The maximum Gasteiger partial charge on any atom is 2.00 e. The van der Waals surface area contributed by atoms with Crippen LogP contribution in [0.15, 0.2) is 84.2 Å². The van der Waals surface area contributed by atoms with Gasteiger partial charge in [-0.05, 0) is 12.5 Å². The van der Waals surface area contributed by atoms with Crippen LogP contribution < -0.4 is 5.11 Å². The van der Waals surface area contributed by atoms with Gasteiger partial charge in [0.1, 0.15) is 0 Å². The molecule has 3 rings (SSSR count). The second kappa shape index (κ2) is 9.04. The molecule has 0 aromatic heterocycles. The van der Waals surface area contributed by atoms with Gasteiger partial charge >= 0.3 is 17.1 Å². The second-order valence-electron chi connectivity index (χ2n) is 5.04. The normalized spacial score (nSPS) is 11.5. The smallest absolute Gasteiger partial charge is 0.875 e. The third-order valence-electron chi connectivity index (χ3n) is 3.33. The summed E-state index contributed by atoms with van der Waals surface area (Å²) in [6, 6.07) is 15.8. The Hall–Kier alpha value is -2.22. The number of allylic oxidation sites excluding steroid dienone is 6. The number of Topliss-reactive ketones (excluding diaryl/α,β-unsaturated/α-hetero) is 1. The summed E-state index contributed by atoms with van der Waals surface area (Å²) >= 11 is 0. The standard InChI is InChI=1S/C13H11O.C7H8O.Fe/c1-10(14)12-7-4-8-13(9-12)11-5-2-3-6-11;1-6(8)7-4-2-3-5-7;/h2-9H,1H3;2-5,8H,1H3;/q-1;;+2/p-1. The number of hydrogen-bond acceptors (Lipinski definition) is 2. The molecule has 23 heavy (non-hydrogen) atoms. The van der Waals surface area contributed by atoms with E-state index >= 15 is 0 Å². The zero-order valence-corrected chi connectivity index (χ0v) is 14.2. The van der Waals surface area contributed by atoms with Gasteiger partial charge in [-0.15, -0.1) is 11.8 Å². The van der Waals surface area contributed by atoms with E-state index in [-0.39, 0.29) is 28.6 Å². The van der Waals surface area contributed by atoms with Crippen LogP contribution in [0.1, 0.15) is 24.2 Å². The summed E-state index contributed by atoms with van der Waals surface area (Å²) in [5, 5.41) is 10.5. The molecule has 1 aliphatic rings. The molecule has 3 heteroatoms. The Kier molecular flexibility index (Phi) is 7.40. The Bertz CT molecular complexity index is 717. The largest absolute Gasteiger partial charge is 2.00 e. The van der Waals surface area contributed by atoms with Crippen molar-refractivity contribution in [2.75, 3.05) is 0 Å². The molecule has 118 valence electrons. The molecule has 2 aromatic rings. The molecular weight excluding hydrogens is 328 g/mol. The molecule has 0 amide bonds. The van der Waals surface area contributed by atoms with Crippen molar-refractivity contribution in [3.63, 3.8) is 0 Å². The van der Waals surface area contributed by atoms with Gasteiger partial charge in [-0.25, -0.2) is 0 Å². The Morgan fingerprint density at radius 2 is 1.74 bits per heavy atom. The number of carbonyl (C=O) groups excluding carboxylic acids is 1. The van der Waals surface area contributed by atoms with Crippen LogP contribution in [0.25, 0.3) is 11.1 Å². The van der Waals surface area contributed by atoms with E-state index in [2.05, 4.69) is 0 Å². The number of rotatable bonds is 2. The fourth-order valence-electron chi connectivity index (χ4n) is 2.09. The molecule has 0 spiro atoms. The molecule has 0 saturated heterocycles. The van der Waals surface area contributed by atoms with Crippen molar-refractivity contribution in [2.45, 2.75) is 13.8 Å².